The van der Waals surface area contributed by atoms with Crippen molar-refractivity contribution in [2.45, 2.75) is 18.8 Å². The number of aromatic nitrogens is 3. The number of amides is 2. The molecule has 2 aliphatic rings. The quantitative estimate of drug-likeness (QED) is 0.488. The fraction of sp³-hybridized carbons (Fsp3) is 0.167. The Morgan fingerprint density at radius 3 is 2.88 bits per heavy atom. The molecule has 2 aromatic heterocycles. The van der Waals surface area contributed by atoms with Crippen LogP contribution in [0.2, 0.25) is 0 Å². The smallest absolute Gasteiger partial charge is 0.243 e. The molecule has 1 N–H and O–H groups in total. The first-order valence-electron chi connectivity index (χ1n) is 10.3. The summed E-state index contributed by atoms with van der Waals surface area (Å²) in [5.74, 6) is 0.154. The second kappa shape index (κ2) is 6.61. The predicted octanol–water partition coefficient (Wildman–Crippen LogP) is 3.95. The normalized spacial score (nSPS) is 19.3. The van der Waals surface area contributed by atoms with Gasteiger partial charge in [0.25, 0.3) is 0 Å². The van der Waals surface area contributed by atoms with Gasteiger partial charge in [0.05, 0.1) is 16.4 Å². The number of rotatable bonds is 3. The van der Waals surface area contributed by atoms with Crippen molar-refractivity contribution in [3.8, 4) is 5.13 Å². The number of hydrogen-bond acceptors (Lipinski definition) is 5. The van der Waals surface area contributed by atoms with E-state index in [9.17, 15) is 9.59 Å². The van der Waals surface area contributed by atoms with Crippen LogP contribution in [0.4, 0.5) is 11.5 Å². The Morgan fingerprint density at radius 2 is 2.06 bits per heavy atom. The fourth-order valence-electron chi connectivity index (χ4n) is 4.81. The van der Waals surface area contributed by atoms with Crippen molar-refractivity contribution >= 4 is 44.9 Å². The largest absolute Gasteiger partial charge is 0.310 e. The van der Waals surface area contributed by atoms with Crippen LogP contribution >= 0.6 is 11.3 Å². The molecule has 0 bridgehead atoms. The number of fused-ring (bicyclic) bond motifs is 5. The maximum atomic E-state index is 13.9. The zero-order valence-corrected chi connectivity index (χ0v) is 18.1. The molecule has 1 atom stereocenters. The third kappa shape index (κ3) is 2.41. The Hall–Kier alpha value is -3.78. The summed E-state index contributed by atoms with van der Waals surface area (Å²) in [7, 11) is 0. The molecule has 0 radical (unpaired) electrons. The van der Waals surface area contributed by atoms with Crippen molar-refractivity contribution in [2.75, 3.05) is 16.8 Å². The molecule has 158 valence electrons. The minimum Gasteiger partial charge on any atom is -0.310 e. The Balaban J connectivity index is 1.60. The lowest BCUT2D eigenvalue weighted by atomic mass is 9.71. The molecule has 0 saturated carbocycles. The number of hydrogen-bond donors (Lipinski definition) is 1. The number of para-hydroxylation sites is 1. The highest BCUT2D eigenvalue weighted by molar-refractivity contribution is 7.20. The SMILES string of the molecule is C=CCN1C(=O)[C@@]2(CC(=O)Nc3c2cnn3-c2nc3ccccc3s2)c2cc(C)ccc21. The third-order valence-corrected chi connectivity index (χ3v) is 7.21. The molecule has 2 aromatic carbocycles. The number of nitrogens with one attached hydrogen (secondary N) is 1. The summed E-state index contributed by atoms with van der Waals surface area (Å²) in [6.45, 7) is 6.17. The highest BCUT2D eigenvalue weighted by atomic mass is 32.1. The van der Waals surface area contributed by atoms with Gasteiger partial charge in [-0.3, -0.25) is 9.59 Å². The van der Waals surface area contributed by atoms with Crippen LogP contribution in [0.3, 0.4) is 0 Å². The Morgan fingerprint density at radius 1 is 1.22 bits per heavy atom. The monoisotopic (exact) mass is 441 g/mol. The molecule has 8 heteroatoms. The van der Waals surface area contributed by atoms with E-state index in [2.05, 4.69) is 22.0 Å². The minimum atomic E-state index is -1.11. The average Bonchev–Trinajstić information content (AvgIpc) is 3.45. The van der Waals surface area contributed by atoms with Gasteiger partial charge in [-0.25, -0.2) is 4.98 Å². The van der Waals surface area contributed by atoms with Crippen LogP contribution in [0.5, 0.6) is 0 Å². The maximum Gasteiger partial charge on any atom is 0.243 e. The van der Waals surface area contributed by atoms with Gasteiger partial charge in [-0.1, -0.05) is 47.2 Å². The Labute approximate surface area is 188 Å². The van der Waals surface area contributed by atoms with Crippen LogP contribution in [0.25, 0.3) is 15.3 Å². The molecule has 4 heterocycles. The van der Waals surface area contributed by atoms with E-state index >= 15 is 0 Å². The fourth-order valence-corrected chi connectivity index (χ4v) is 5.74. The van der Waals surface area contributed by atoms with E-state index in [1.54, 1.807) is 21.9 Å². The number of aryl methyl sites for hydroxylation is 1. The summed E-state index contributed by atoms with van der Waals surface area (Å²) in [5.41, 5.74) is 3.13. The molecular formula is C24H19N5O2S. The van der Waals surface area contributed by atoms with Crippen molar-refractivity contribution in [1.29, 1.82) is 0 Å². The molecule has 7 nitrogen and oxygen atoms in total. The summed E-state index contributed by atoms with van der Waals surface area (Å²) in [5, 5.41) is 8.17. The average molecular weight is 442 g/mol. The number of thiazole rings is 1. The van der Waals surface area contributed by atoms with Gasteiger partial charge in [0.2, 0.25) is 16.9 Å². The summed E-state index contributed by atoms with van der Waals surface area (Å²) >= 11 is 1.49. The number of nitrogens with zero attached hydrogens (tertiary/aromatic N) is 4. The second-order valence-corrected chi connectivity index (χ2v) is 9.15. The first kappa shape index (κ1) is 18.9. The molecule has 1 spiro atoms. The zero-order chi connectivity index (χ0) is 22.0. The van der Waals surface area contributed by atoms with Crippen molar-refractivity contribution in [2.24, 2.45) is 0 Å². The molecule has 0 fully saturated rings. The Bertz CT molecular complexity index is 1420. The number of carbonyl (C=O) groups is 2. The standard InChI is InChI=1S/C24H19N5O2S/c1-3-10-28-18-9-8-14(2)11-15(18)24(22(28)31)12-20(30)27-21-16(24)13-25-29(21)23-26-17-6-4-5-7-19(17)32-23/h3-9,11,13H,1,10,12H2,2H3,(H,27,30)/t24-/m0/s1. The van der Waals surface area contributed by atoms with Crippen molar-refractivity contribution in [1.82, 2.24) is 14.8 Å². The van der Waals surface area contributed by atoms with E-state index in [-0.39, 0.29) is 18.2 Å². The summed E-state index contributed by atoms with van der Waals surface area (Å²) in [4.78, 5) is 33.3. The lowest BCUT2D eigenvalue weighted by Crippen LogP contribution is -2.46. The summed E-state index contributed by atoms with van der Waals surface area (Å²) in [6, 6.07) is 13.8. The molecule has 2 amide bonds. The molecule has 32 heavy (non-hydrogen) atoms. The van der Waals surface area contributed by atoms with Crippen LogP contribution in [-0.2, 0) is 15.0 Å². The van der Waals surface area contributed by atoms with Crippen LogP contribution in [-0.4, -0.2) is 33.1 Å². The second-order valence-electron chi connectivity index (χ2n) is 8.14. The van der Waals surface area contributed by atoms with Gasteiger partial charge in [0.1, 0.15) is 11.2 Å². The minimum absolute atomic E-state index is 0.0362. The molecule has 4 aromatic rings. The lowest BCUT2D eigenvalue weighted by molar-refractivity contribution is -0.126. The van der Waals surface area contributed by atoms with Crippen LogP contribution in [0.15, 0.2) is 61.3 Å². The van der Waals surface area contributed by atoms with Gasteiger partial charge in [0.15, 0.2) is 0 Å². The van der Waals surface area contributed by atoms with E-state index in [0.29, 0.717) is 23.1 Å². The van der Waals surface area contributed by atoms with E-state index in [1.165, 1.54) is 11.3 Å². The molecule has 0 saturated heterocycles. The van der Waals surface area contributed by atoms with Crippen molar-refractivity contribution in [3.63, 3.8) is 0 Å². The van der Waals surface area contributed by atoms with Crippen LogP contribution < -0.4 is 10.2 Å². The Kier molecular flexibility index (Phi) is 3.91. The van der Waals surface area contributed by atoms with E-state index in [1.807, 2.05) is 49.4 Å². The predicted molar refractivity (Wildman–Crippen MR) is 124 cm³/mol. The van der Waals surface area contributed by atoms with Crippen LogP contribution in [0.1, 0.15) is 23.1 Å². The summed E-state index contributed by atoms with van der Waals surface area (Å²) in [6.07, 6.45) is 3.44. The van der Waals surface area contributed by atoms with E-state index in [0.717, 1.165) is 27.0 Å². The highest BCUT2D eigenvalue weighted by Gasteiger charge is 2.57. The van der Waals surface area contributed by atoms with Gasteiger partial charge in [-0.15, -0.1) is 6.58 Å². The number of anilines is 2. The van der Waals surface area contributed by atoms with Crippen molar-refractivity contribution < 1.29 is 9.59 Å². The van der Waals surface area contributed by atoms with Crippen molar-refractivity contribution in [3.05, 3.63) is 78.0 Å². The van der Waals surface area contributed by atoms with Gasteiger partial charge in [-0.05, 0) is 30.7 Å². The molecule has 6 rings (SSSR count). The van der Waals surface area contributed by atoms with Gasteiger partial charge in [0, 0.05) is 24.2 Å². The zero-order valence-electron chi connectivity index (χ0n) is 17.3. The van der Waals surface area contributed by atoms with E-state index < -0.39 is 5.41 Å². The van der Waals surface area contributed by atoms with Gasteiger partial charge < -0.3 is 10.2 Å². The molecule has 0 aliphatic carbocycles. The third-order valence-electron chi connectivity index (χ3n) is 6.20. The molecule has 0 unspecified atom stereocenters. The lowest BCUT2D eigenvalue weighted by Gasteiger charge is -2.32. The molecule has 2 aliphatic heterocycles. The highest BCUT2D eigenvalue weighted by Crippen LogP contribution is 2.52. The van der Waals surface area contributed by atoms with E-state index in [4.69, 9.17) is 0 Å². The first-order valence-corrected chi connectivity index (χ1v) is 11.1. The molecular weight excluding hydrogens is 422 g/mol. The maximum absolute atomic E-state index is 13.9. The number of benzene rings is 2. The van der Waals surface area contributed by atoms with Gasteiger partial charge >= 0.3 is 0 Å². The first-order chi connectivity index (χ1) is 15.5. The van der Waals surface area contributed by atoms with Gasteiger partial charge in [-0.2, -0.15) is 9.78 Å². The summed E-state index contributed by atoms with van der Waals surface area (Å²) < 4.78 is 2.66. The topological polar surface area (TPSA) is 80.1 Å². The van der Waals surface area contributed by atoms with Crippen LogP contribution in [0, 0.1) is 6.92 Å². The number of carbonyl (C=O) groups excluding carboxylic acids is 2.